The first-order valence-electron chi connectivity index (χ1n) is 5.75. The zero-order valence-corrected chi connectivity index (χ0v) is 9.41. The minimum absolute atomic E-state index is 0.805. The number of aromatic nitrogens is 1. The lowest BCUT2D eigenvalue weighted by Gasteiger charge is -2.22. The van der Waals surface area contributed by atoms with Crippen molar-refractivity contribution in [2.24, 2.45) is 13.0 Å². The van der Waals surface area contributed by atoms with Gasteiger partial charge < -0.3 is 14.6 Å². The van der Waals surface area contributed by atoms with Crippen molar-refractivity contribution < 1.29 is 4.74 Å². The fourth-order valence-electron chi connectivity index (χ4n) is 2.04. The van der Waals surface area contributed by atoms with Gasteiger partial charge in [-0.05, 0) is 37.4 Å². The largest absolute Gasteiger partial charge is 0.381 e. The molecule has 0 aromatic carbocycles. The Morgan fingerprint density at radius 2 is 2.27 bits per heavy atom. The summed E-state index contributed by atoms with van der Waals surface area (Å²) in [6.45, 7) is 3.97. The molecule has 0 saturated carbocycles. The second-order valence-electron chi connectivity index (χ2n) is 4.30. The maximum atomic E-state index is 5.34. The molecule has 1 aliphatic rings. The summed E-state index contributed by atoms with van der Waals surface area (Å²) in [5.41, 5.74) is 1.35. The predicted molar refractivity (Wildman–Crippen MR) is 60.7 cm³/mol. The number of ether oxygens (including phenoxy) is 1. The van der Waals surface area contributed by atoms with Gasteiger partial charge in [0.05, 0.1) is 0 Å². The Kier molecular flexibility index (Phi) is 3.80. The van der Waals surface area contributed by atoms with Crippen molar-refractivity contribution in [1.29, 1.82) is 0 Å². The highest BCUT2D eigenvalue weighted by atomic mass is 16.5. The topological polar surface area (TPSA) is 26.2 Å². The number of nitrogens with one attached hydrogen (secondary N) is 1. The Hall–Kier alpha value is -0.800. The zero-order valence-electron chi connectivity index (χ0n) is 9.41. The summed E-state index contributed by atoms with van der Waals surface area (Å²) in [5.74, 6) is 0.805. The van der Waals surface area contributed by atoms with Crippen molar-refractivity contribution in [2.75, 3.05) is 19.8 Å². The van der Waals surface area contributed by atoms with Gasteiger partial charge in [-0.1, -0.05) is 0 Å². The van der Waals surface area contributed by atoms with Crippen LogP contribution in [0.1, 0.15) is 18.5 Å². The standard InChI is InChI=1S/C12H20N2O/c1-14-6-2-3-12(14)10-13-9-11-4-7-15-8-5-11/h2-3,6,11,13H,4-5,7-10H2,1H3. The highest BCUT2D eigenvalue weighted by Gasteiger charge is 2.12. The molecule has 0 bridgehead atoms. The maximum Gasteiger partial charge on any atom is 0.0469 e. The van der Waals surface area contributed by atoms with E-state index in [2.05, 4.69) is 35.3 Å². The number of hydrogen-bond acceptors (Lipinski definition) is 2. The van der Waals surface area contributed by atoms with Gasteiger partial charge in [-0.2, -0.15) is 0 Å². The second-order valence-corrected chi connectivity index (χ2v) is 4.30. The number of nitrogens with zero attached hydrogens (tertiary/aromatic N) is 1. The molecule has 0 radical (unpaired) electrons. The van der Waals surface area contributed by atoms with Crippen LogP contribution in [-0.4, -0.2) is 24.3 Å². The molecule has 0 spiro atoms. The van der Waals surface area contributed by atoms with Crippen molar-refractivity contribution in [1.82, 2.24) is 9.88 Å². The van der Waals surface area contributed by atoms with E-state index >= 15 is 0 Å². The minimum Gasteiger partial charge on any atom is -0.381 e. The SMILES string of the molecule is Cn1cccc1CNCC1CCOCC1. The first-order valence-corrected chi connectivity index (χ1v) is 5.75. The van der Waals surface area contributed by atoms with Crippen molar-refractivity contribution in [3.8, 4) is 0 Å². The summed E-state index contributed by atoms with van der Waals surface area (Å²) in [6.07, 6.45) is 4.51. The van der Waals surface area contributed by atoms with Crippen LogP contribution in [-0.2, 0) is 18.3 Å². The number of aryl methyl sites for hydroxylation is 1. The molecular weight excluding hydrogens is 188 g/mol. The van der Waals surface area contributed by atoms with Crippen LogP contribution >= 0.6 is 0 Å². The lowest BCUT2D eigenvalue weighted by molar-refractivity contribution is 0.0662. The van der Waals surface area contributed by atoms with Gasteiger partial charge in [0, 0.05) is 38.7 Å². The van der Waals surface area contributed by atoms with Crippen LogP contribution in [0.5, 0.6) is 0 Å². The van der Waals surface area contributed by atoms with Crippen LogP contribution in [0.15, 0.2) is 18.3 Å². The van der Waals surface area contributed by atoms with E-state index in [1.54, 1.807) is 0 Å². The summed E-state index contributed by atoms with van der Waals surface area (Å²) in [4.78, 5) is 0. The van der Waals surface area contributed by atoms with E-state index in [9.17, 15) is 0 Å². The van der Waals surface area contributed by atoms with Crippen LogP contribution in [0.3, 0.4) is 0 Å². The molecule has 0 amide bonds. The van der Waals surface area contributed by atoms with Gasteiger partial charge in [-0.3, -0.25) is 0 Å². The van der Waals surface area contributed by atoms with E-state index in [1.807, 2.05) is 0 Å². The van der Waals surface area contributed by atoms with Gasteiger partial charge in [0.15, 0.2) is 0 Å². The fourth-order valence-corrected chi connectivity index (χ4v) is 2.04. The highest BCUT2D eigenvalue weighted by Crippen LogP contribution is 2.13. The molecule has 15 heavy (non-hydrogen) atoms. The van der Waals surface area contributed by atoms with Gasteiger partial charge >= 0.3 is 0 Å². The molecule has 84 valence electrons. The Bertz CT molecular complexity index is 290. The molecule has 0 atom stereocenters. The molecule has 2 heterocycles. The fraction of sp³-hybridized carbons (Fsp3) is 0.667. The third kappa shape index (κ3) is 3.08. The molecular formula is C12H20N2O. The summed E-state index contributed by atoms with van der Waals surface area (Å²) >= 11 is 0. The number of rotatable bonds is 4. The molecule has 1 aromatic rings. The Morgan fingerprint density at radius 1 is 1.47 bits per heavy atom. The summed E-state index contributed by atoms with van der Waals surface area (Å²) < 4.78 is 7.50. The van der Waals surface area contributed by atoms with Gasteiger partial charge in [0.1, 0.15) is 0 Å². The maximum absolute atomic E-state index is 5.34. The van der Waals surface area contributed by atoms with Crippen LogP contribution in [0.25, 0.3) is 0 Å². The van der Waals surface area contributed by atoms with Crippen molar-refractivity contribution in [2.45, 2.75) is 19.4 Å². The normalized spacial score (nSPS) is 18.2. The van der Waals surface area contributed by atoms with Gasteiger partial charge in [0.25, 0.3) is 0 Å². The Morgan fingerprint density at radius 3 is 2.93 bits per heavy atom. The van der Waals surface area contributed by atoms with Crippen LogP contribution < -0.4 is 5.32 Å². The summed E-state index contributed by atoms with van der Waals surface area (Å²) in [7, 11) is 2.09. The van der Waals surface area contributed by atoms with Gasteiger partial charge in [0.2, 0.25) is 0 Å². The van der Waals surface area contributed by atoms with E-state index in [1.165, 1.54) is 18.5 Å². The molecule has 3 heteroatoms. The van der Waals surface area contributed by atoms with Crippen molar-refractivity contribution in [3.63, 3.8) is 0 Å². The average Bonchev–Trinajstić information content (AvgIpc) is 2.66. The molecule has 1 aromatic heterocycles. The van der Waals surface area contributed by atoms with Crippen LogP contribution in [0, 0.1) is 5.92 Å². The monoisotopic (exact) mass is 208 g/mol. The van der Waals surface area contributed by atoms with Crippen LogP contribution in [0.4, 0.5) is 0 Å². The summed E-state index contributed by atoms with van der Waals surface area (Å²) in [5, 5.41) is 3.52. The Balaban J connectivity index is 1.68. The third-order valence-electron chi connectivity index (χ3n) is 3.13. The molecule has 1 aliphatic heterocycles. The smallest absolute Gasteiger partial charge is 0.0469 e. The van der Waals surface area contributed by atoms with E-state index in [-0.39, 0.29) is 0 Å². The van der Waals surface area contributed by atoms with E-state index in [4.69, 9.17) is 4.74 Å². The summed E-state index contributed by atoms with van der Waals surface area (Å²) in [6, 6.07) is 4.25. The first kappa shape index (κ1) is 10.7. The average molecular weight is 208 g/mol. The zero-order chi connectivity index (χ0) is 10.5. The molecule has 1 saturated heterocycles. The van der Waals surface area contributed by atoms with E-state index < -0.39 is 0 Å². The lowest BCUT2D eigenvalue weighted by Crippen LogP contribution is -2.27. The van der Waals surface area contributed by atoms with E-state index in [0.717, 1.165) is 32.2 Å². The van der Waals surface area contributed by atoms with Crippen molar-refractivity contribution in [3.05, 3.63) is 24.0 Å². The van der Waals surface area contributed by atoms with Crippen molar-refractivity contribution >= 4 is 0 Å². The first-order chi connectivity index (χ1) is 7.36. The third-order valence-corrected chi connectivity index (χ3v) is 3.13. The molecule has 1 fully saturated rings. The minimum atomic E-state index is 0.805. The van der Waals surface area contributed by atoms with Gasteiger partial charge in [-0.25, -0.2) is 0 Å². The quantitative estimate of drug-likeness (QED) is 0.812. The Labute approximate surface area is 91.4 Å². The highest BCUT2D eigenvalue weighted by molar-refractivity contribution is 5.05. The molecule has 2 rings (SSSR count). The second kappa shape index (κ2) is 5.33. The lowest BCUT2D eigenvalue weighted by atomic mass is 10.0. The number of hydrogen-bond donors (Lipinski definition) is 1. The molecule has 0 aliphatic carbocycles. The molecule has 1 N–H and O–H groups in total. The van der Waals surface area contributed by atoms with Crippen LogP contribution in [0.2, 0.25) is 0 Å². The van der Waals surface area contributed by atoms with Gasteiger partial charge in [-0.15, -0.1) is 0 Å². The molecule has 3 nitrogen and oxygen atoms in total. The predicted octanol–water partition coefficient (Wildman–Crippen LogP) is 1.54. The molecule has 0 unspecified atom stereocenters. The van der Waals surface area contributed by atoms with E-state index in [0.29, 0.717) is 0 Å².